The molecule has 3 nitrogen and oxygen atoms in total. The SMILES string of the molecule is c1ccc(-n2c3ccccc3c3c(N(c4ccc(-c5cccc6ccccc56)cc4)c4cccc5oc6c7ccccc7ccc6c45)cccc32)cc1. The van der Waals surface area contributed by atoms with Gasteiger partial charge in [-0.1, -0.05) is 133 Å². The predicted octanol–water partition coefficient (Wildman–Crippen LogP) is 14.1. The van der Waals surface area contributed by atoms with E-state index in [9.17, 15) is 0 Å². The number of fused-ring (bicyclic) bond motifs is 9. The van der Waals surface area contributed by atoms with Gasteiger partial charge in [0.25, 0.3) is 0 Å². The van der Waals surface area contributed by atoms with Gasteiger partial charge in [-0.3, -0.25) is 0 Å². The van der Waals surface area contributed by atoms with Crippen LogP contribution in [0.5, 0.6) is 0 Å². The van der Waals surface area contributed by atoms with E-state index in [1.807, 2.05) is 0 Å². The summed E-state index contributed by atoms with van der Waals surface area (Å²) in [6.07, 6.45) is 0. The minimum absolute atomic E-state index is 0.866. The summed E-state index contributed by atoms with van der Waals surface area (Å²) in [6, 6.07) is 69.7. The molecule has 2 heterocycles. The summed E-state index contributed by atoms with van der Waals surface area (Å²) in [5.74, 6) is 0. The number of benzene rings is 9. The Labute approximate surface area is 306 Å². The van der Waals surface area contributed by atoms with E-state index >= 15 is 0 Å². The number of rotatable bonds is 5. The van der Waals surface area contributed by atoms with Crippen molar-refractivity contribution in [2.24, 2.45) is 0 Å². The Hall–Kier alpha value is -7.10. The maximum absolute atomic E-state index is 6.74. The van der Waals surface area contributed by atoms with Crippen LogP contribution in [0.2, 0.25) is 0 Å². The average molecular weight is 677 g/mol. The minimum Gasteiger partial charge on any atom is -0.455 e. The molecule has 9 aromatic carbocycles. The Kier molecular flexibility index (Phi) is 6.55. The van der Waals surface area contributed by atoms with Crippen molar-refractivity contribution in [3.05, 3.63) is 194 Å². The number of anilines is 3. The maximum atomic E-state index is 6.74. The molecule has 0 spiro atoms. The van der Waals surface area contributed by atoms with Gasteiger partial charge in [-0.25, -0.2) is 0 Å². The van der Waals surface area contributed by atoms with Crippen molar-refractivity contribution < 1.29 is 4.42 Å². The normalized spacial score (nSPS) is 11.8. The first-order valence-electron chi connectivity index (χ1n) is 18.1. The smallest absolute Gasteiger partial charge is 0.143 e. The number of hydrogen-bond donors (Lipinski definition) is 0. The lowest BCUT2D eigenvalue weighted by Gasteiger charge is -2.27. The van der Waals surface area contributed by atoms with E-state index in [-0.39, 0.29) is 0 Å². The van der Waals surface area contributed by atoms with Crippen molar-refractivity contribution >= 4 is 82.4 Å². The van der Waals surface area contributed by atoms with Gasteiger partial charge in [0.05, 0.1) is 27.8 Å². The molecule has 0 saturated carbocycles. The summed E-state index contributed by atoms with van der Waals surface area (Å²) in [7, 11) is 0. The van der Waals surface area contributed by atoms with Crippen LogP contribution >= 0.6 is 0 Å². The third-order valence-electron chi connectivity index (χ3n) is 10.8. The summed E-state index contributed by atoms with van der Waals surface area (Å²) in [6.45, 7) is 0. The molecule has 248 valence electrons. The fraction of sp³-hybridized carbons (Fsp3) is 0. The van der Waals surface area contributed by atoms with Gasteiger partial charge < -0.3 is 13.9 Å². The minimum atomic E-state index is 0.866. The van der Waals surface area contributed by atoms with Gasteiger partial charge in [0.1, 0.15) is 11.2 Å². The van der Waals surface area contributed by atoms with E-state index in [0.717, 1.165) is 55.6 Å². The van der Waals surface area contributed by atoms with Gasteiger partial charge in [-0.05, 0) is 87.9 Å². The van der Waals surface area contributed by atoms with Crippen LogP contribution < -0.4 is 4.90 Å². The second-order valence-electron chi connectivity index (χ2n) is 13.7. The number of hydrogen-bond acceptors (Lipinski definition) is 2. The molecular formula is C50H32N2O. The summed E-state index contributed by atoms with van der Waals surface area (Å²) >= 11 is 0. The second kappa shape index (κ2) is 11.7. The molecule has 3 heteroatoms. The van der Waals surface area contributed by atoms with Crippen molar-refractivity contribution in [2.75, 3.05) is 4.90 Å². The van der Waals surface area contributed by atoms with Crippen LogP contribution in [-0.4, -0.2) is 4.57 Å². The first-order chi connectivity index (χ1) is 26.3. The topological polar surface area (TPSA) is 21.3 Å². The highest BCUT2D eigenvalue weighted by atomic mass is 16.3. The van der Waals surface area contributed by atoms with Crippen molar-refractivity contribution in [2.45, 2.75) is 0 Å². The molecule has 0 bridgehead atoms. The Morgan fingerprint density at radius 2 is 1.02 bits per heavy atom. The van der Waals surface area contributed by atoms with Crippen LogP contribution in [0.15, 0.2) is 199 Å². The lowest BCUT2D eigenvalue weighted by molar-refractivity contribution is 0.672. The average Bonchev–Trinajstić information content (AvgIpc) is 3.79. The largest absolute Gasteiger partial charge is 0.455 e. The molecule has 0 N–H and O–H groups in total. The van der Waals surface area contributed by atoms with Crippen LogP contribution in [0.4, 0.5) is 17.1 Å². The van der Waals surface area contributed by atoms with Gasteiger partial charge in [0.2, 0.25) is 0 Å². The zero-order valence-corrected chi connectivity index (χ0v) is 28.8. The third kappa shape index (κ3) is 4.54. The van der Waals surface area contributed by atoms with E-state index in [4.69, 9.17) is 4.42 Å². The van der Waals surface area contributed by atoms with Crippen molar-refractivity contribution in [1.82, 2.24) is 4.57 Å². The van der Waals surface area contributed by atoms with Crippen molar-refractivity contribution in [1.29, 1.82) is 0 Å². The Morgan fingerprint density at radius 3 is 1.85 bits per heavy atom. The molecule has 53 heavy (non-hydrogen) atoms. The number of nitrogens with zero attached hydrogens (tertiary/aromatic N) is 2. The van der Waals surface area contributed by atoms with E-state index in [0.29, 0.717) is 0 Å². The molecular weight excluding hydrogens is 645 g/mol. The standard InChI is InChI=1S/C50H32N2O/c1-2-16-36(17-3-1)51-43-22-9-8-20-41(43)48-44(51)23-11-24-45(48)52(37-30-27-35(28-31-37)39-21-10-15-33-13-4-6-18-38(33)39)46-25-12-26-47-49(46)42-32-29-34-14-5-7-19-40(34)50(42)53-47/h1-32H. The van der Waals surface area contributed by atoms with Crippen LogP contribution in [0.3, 0.4) is 0 Å². The first kappa shape index (κ1) is 29.6. The third-order valence-corrected chi connectivity index (χ3v) is 10.8. The Morgan fingerprint density at radius 1 is 0.396 bits per heavy atom. The number of furan rings is 1. The van der Waals surface area contributed by atoms with Crippen LogP contribution in [0, 0.1) is 0 Å². The molecule has 0 radical (unpaired) electrons. The predicted molar refractivity (Wildman–Crippen MR) is 223 cm³/mol. The fourth-order valence-electron chi connectivity index (χ4n) is 8.44. The zero-order valence-electron chi connectivity index (χ0n) is 28.8. The van der Waals surface area contributed by atoms with E-state index in [1.165, 1.54) is 43.6 Å². The molecule has 11 rings (SSSR count). The van der Waals surface area contributed by atoms with Gasteiger partial charge >= 0.3 is 0 Å². The van der Waals surface area contributed by atoms with Crippen LogP contribution in [-0.2, 0) is 0 Å². The summed E-state index contributed by atoms with van der Waals surface area (Å²) < 4.78 is 9.12. The molecule has 2 aromatic heterocycles. The summed E-state index contributed by atoms with van der Waals surface area (Å²) in [5, 5.41) is 9.37. The summed E-state index contributed by atoms with van der Waals surface area (Å²) in [4.78, 5) is 2.43. The van der Waals surface area contributed by atoms with Gasteiger partial charge in [-0.15, -0.1) is 0 Å². The highest BCUT2D eigenvalue weighted by Gasteiger charge is 2.24. The molecule has 11 aromatic rings. The van der Waals surface area contributed by atoms with E-state index in [2.05, 4.69) is 204 Å². The Balaban J connectivity index is 1.21. The molecule has 0 atom stereocenters. The molecule has 0 aliphatic carbocycles. The number of para-hydroxylation sites is 2. The maximum Gasteiger partial charge on any atom is 0.143 e. The first-order valence-corrected chi connectivity index (χ1v) is 18.1. The zero-order chi connectivity index (χ0) is 34.9. The Bertz CT molecular complexity index is 3160. The molecule has 0 unspecified atom stereocenters. The molecule has 0 aliphatic rings. The molecule has 0 saturated heterocycles. The van der Waals surface area contributed by atoms with Crippen LogP contribution in [0.1, 0.15) is 0 Å². The van der Waals surface area contributed by atoms with Crippen molar-refractivity contribution in [3.63, 3.8) is 0 Å². The number of aromatic nitrogens is 1. The van der Waals surface area contributed by atoms with Crippen molar-refractivity contribution in [3.8, 4) is 16.8 Å². The van der Waals surface area contributed by atoms with Gasteiger partial charge in [0, 0.05) is 32.9 Å². The lowest BCUT2D eigenvalue weighted by atomic mass is 9.98. The van der Waals surface area contributed by atoms with E-state index < -0.39 is 0 Å². The lowest BCUT2D eigenvalue weighted by Crippen LogP contribution is -2.11. The highest BCUT2D eigenvalue weighted by Crippen LogP contribution is 2.48. The highest BCUT2D eigenvalue weighted by molar-refractivity contribution is 6.22. The van der Waals surface area contributed by atoms with E-state index in [1.54, 1.807) is 0 Å². The fourth-order valence-corrected chi connectivity index (χ4v) is 8.44. The molecule has 0 amide bonds. The summed E-state index contributed by atoms with van der Waals surface area (Å²) in [5.41, 5.74) is 10.9. The molecule has 0 aliphatic heterocycles. The monoisotopic (exact) mass is 676 g/mol. The van der Waals surface area contributed by atoms with Gasteiger partial charge in [0.15, 0.2) is 0 Å². The quantitative estimate of drug-likeness (QED) is 0.181. The van der Waals surface area contributed by atoms with Gasteiger partial charge in [-0.2, -0.15) is 0 Å². The second-order valence-corrected chi connectivity index (χ2v) is 13.7. The molecule has 0 fully saturated rings. The van der Waals surface area contributed by atoms with Crippen LogP contribution in [0.25, 0.3) is 82.1 Å².